The predicted molar refractivity (Wildman–Crippen MR) is 58.9 cm³/mol. The van der Waals surface area contributed by atoms with Crippen LogP contribution < -0.4 is 0 Å². The molecule has 13 heavy (non-hydrogen) atoms. The summed E-state index contributed by atoms with van der Waals surface area (Å²) in [5.74, 6) is 0. The van der Waals surface area contributed by atoms with Crippen LogP contribution >= 0.6 is 0 Å². The molecule has 2 aromatic rings. The third kappa shape index (κ3) is 1.81. The molecule has 0 radical (unpaired) electrons. The van der Waals surface area contributed by atoms with Gasteiger partial charge in [0.15, 0.2) is 0 Å². The van der Waals surface area contributed by atoms with Crippen LogP contribution in [0, 0.1) is 0 Å². The molecular formula is C12H15N. The summed E-state index contributed by atoms with van der Waals surface area (Å²) in [6.07, 6.45) is 3.19. The molecule has 0 spiro atoms. The molecule has 0 aliphatic rings. The number of rotatable bonds is 1. The average molecular weight is 173 g/mol. The number of aryl methyl sites for hydroxylation is 1. The summed E-state index contributed by atoms with van der Waals surface area (Å²) in [6, 6.07) is 8.40. The first-order valence-electron chi connectivity index (χ1n) is 4.47. The van der Waals surface area contributed by atoms with Crippen molar-refractivity contribution in [3.8, 4) is 0 Å². The van der Waals surface area contributed by atoms with Crippen LogP contribution in [0.4, 0.5) is 0 Å². The van der Waals surface area contributed by atoms with Crippen molar-refractivity contribution in [2.24, 2.45) is 0 Å². The summed E-state index contributed by atoms with van der Waals surface area (Å²) in [6.45, 7) is 8.18. The molecule has 0 aliphatic heterocycles. The van der Waals surface area contributed by atoms with Crippen molar-refractivity contribution in [2.45, 2.75) is 13.3 Å². The minimum absolute atomic E-state index is 1.10. The Morgan fingerprint density at radius 2 is 1.92 bits per heavy atom. The van der Waals surface area contributed by atoms with Crippen LogP contribution in [-0.4, -0.2) is 4.98 Å². The molecule has 1 heterocycles. The maximum Gasteiger partial charge on any atom is 0.0456 e. The van der Waals surface area contributed by atoms with E-state index in [0.717, 1.165) is 6.42 Å². The maximum atomic E-state index is 3.24. The lowest BCUT2D eigenvalue weighted by Gasteiger charge is -1.90. The maximum absolute atomic E-state index is 3.24. The van der Waals surface area contributed by atoms with Crippen molar-refractivity contribution in [1.29, 1.82) is 0 Å². The molecule has 0 amide bonds. The van der Waals surface area contributed by atoms with E-state index in [4.69, 9.17) is 0 Å². The number of aromatic amines is 1. The van der Waals surface area contributed by atoms with E-state index in [1.54, 1.807) is 0 Å². The highest BCUT2D eigenvalue weighted by molar-refractivity contribution is 5.82. The lowest BCUT2D eigenvalue weighted by atomic mass is 10.1. The molecule has 1 heteroatoms. The Morgan fingerprint density at radius 3 is 2.62 bits per heavy atom. The normalized spacial score (nSPS) is 9.31. The Hall–Kier alpha value is -1.50. The van der Waals surface area contributed by atoms with Gasteiger partial charge in [0.25, 0.3) is 0 Å². The molecule has 1 aromatic carbocycles. The first kappa shape index (κ1) is 9.59. The smallest absolute Gasteiger partial charge is 0.0456 e. The van der Waals surface area contributed by atoms with E-state index in [9.17, 15) is 0 Å². The second-order valence-electron chi connectivity index (χ2n) is 2.71. The molecule has 1 N–H and O–H groups in total. The molecule has 0 aliphatic carbocycles. The summed E-state index contributed by atoms with van der Waals surface area (Å²) >= 11 is 0. The molecule has 0 atom stereocenters. The molecule has 0 saturated carbocycles. The Morgan fingerprint density at radius 1 is 1.23 bits per heavy atom. The van der Waals surface area contributed by atoms with Crippen LogP contribution in [0.15, 0.2) is 43.6 Å². The number of benzene rings is 1. The fraction of sp³-hybridized carbons (Fsp3) is 0.167. The molecule has 68 valence electrons. The van der Waals surface area contributed by atoms with E-state index in [2.05, 4.69) is 55.5 Å². The van der Waals surface area contributed by atoms with Crippen molar-refractivity contribution < 1.29 is 0 Å². The van der Waals surface area contributed by atoms with Crippen LogP contribution in [0.5, 0.6) is 0 Å². The van der Waals surface area contributed by atoms with Crippen LogP contribution in [0.3, 0.4) is 0 Å². The van der Waals surface area contributed by atoms with Crippen molar-refractivity contribution in [2.75, 3.05) is 0 Å². The van der Waals surface area contributed by atoms with Crippen molar-refractivity contribution in [3.63, 3.8) is 0 Å². The van der Waals surface area contributed by atoms with Crippen molar-refractivity contribution >= 4 is 10.9 Å². The van der Waals surface area contributed by atoms with Gasteiger partial charge in [0.05, 0.1) is 0 Å². The Balaban J connectivity index is 0.000000396. The quantitative estimate of drug-likeness (QED) is 0.635. The molecule has 0 unspecified atom stereocenters. The first-order chi connectivity index (χ1) is 6.42. The Bertz CT molecular complexity index is 373. The summed E-state index contributed by atoms with van der Waals surface area (Å²) in [7, 11) is 0. The zero-order chi connectivity index (χ0) is 9.68. The van der Waals surface area contributed by atoms with Crippen LogP contribution in [0.1, 0.15) is 12.5 Å². The molecule has 1 nitrogen and oxygen atoms in total. The second-order valence-corrected chi connectivity index (χ2v) is 2.71. The number of H-pyrrole nitrogens is 1. The van der Waals surface area contributed by atoms with E-state index >= 15 is 0 Å². The molecule has 1 aromatic heterocycles. The number of para-hydroxylation sites is 1. The van der Waals surface area contributed by atoms with Gasteiger partial charge in [0, 0.05) is 17.1 Å². The SMILES string of the molecule is C=C.CCc1c[nH]c2ccccc12. The topological polar surface area (TPSA) is 15.8 Å². The van der Waals surface area contributed by atoms with Crippen LogP contribution in [-0.2, 0) is 6.42 Å². The fourth-order valence-electron chi connectivity index (χ4n) is 1.42. The van der Waals surface area contributed by atoms with Gasteiger partial charge in [-0.2, -0.15) is 0 Å². The highest BCUT2D eigenvalue weighted by Crippen LogP contribution is 2.17. The van der Waals surface area contributed by atoms with Gasteiger partial charge in [-0.1, -0.05) is 25.1 Å². The van der Waals surface area contributed by atoms with Crippen LogP contribution in [0.2, 0.25) is 0 Å². The molecule has 0 saturated heterocycles. The van der Waals surface area contributed by atoms with Gasteiger partial charge < -0.3 is 4.98 Å². The van der Waals surface area contributed by atoms with E-state index in [-0.39, 0.29) is 0 Å². The van der Waals surface area contributed by atoms with E-state index in [1.807, 2.05) is 0 Å². The van der Waals surface area contributed by atoms with E-state index in [0.29, 0.717) is 0 Å². The number of hydrogen-bond donors (Lipinski definition) is 1. The van der Waals surface area contributed by atoms with Gasteiger partial charge >= 0.3 is 0 Å². The number of fused-ring (bicyclic) bond motifs is 1. The van der Waals surface area contributed by atoms with Gasteiger partial charge in [-0.15, -0.1) is 13.2 Å². The molecular weight excluding hydrogens is 158 g/mol. The zero-order valence-corrected chi connectivity index (χ0v) is 8.01. The molecule has 0 bridgehead atoms. The Kier molecular flexibility index (Phi) is 3.32. The zero-order valence-electron chi connectivity index (χ0n) is 8.01. The summed E-state index contributed by atoms with van der Waals surface area (Å²) < 4.78 is 0. The minimum atomic E-state index is 1.10. The highest BCUT2D eigenvalue weighted by Gasteiger charge is 1.97. The standard InChI is InChI=1S/C10H11N.C2H4/c1-2-8-7-11-10-6-4-3-5-9(8)10;1-2/h3-7,11H,2H2,1H3;1-2H2. The largest absolute Gasteiger partial charge is 0.361 e. The van der Waals surface area contributed by atoms with Gasteiger partial charge in [-0.05, 0) is 18.1 Å². The monoisotopic (exact) mass is 173 g/mol. The second kappa shape index (κ2) is 4.51. The highest BCUT2D eigenvalue weighted by atomic mass is 14.7. The summed E-state index contributed by atoms with van der Waals surface area (Å²) in [5.41, 5.74) is 2.64. The lowest BCUT2D eigenvalue weighted by molar-refractivity contribution is 1.15. The number of aromatic nitrogens is 1. The van der Waals surface area contributed by atoms with Gasteiger partial charge in [0.1, 0.15) is 0 Å². The van der Waals surface area contributed by atoms with E-state index in [1.165, 1.54) is 16.5 Å². The number of nitrogens with one attached hydrogen (secondary N) is 1. The third-order valence-electron chi connectivity index (χ3n) is 2.06. The molecule has 0 fully saturated rings. The summed E-state index contributed by atoms with van der Waals surface area (Å²) in [4.78, 5) is 3.24. The van der Waals surface area contributed by atoms with Crippen LogP contribution in [0.25, 0.3) is 10.9 Å². The van der Waals surface area contributed by atoms with Crippen molar-refractivity contribution in [3.05, 3.63) is 49.2 Å². The van der Waals surface area contributed by atoms with Gasteiger partial charge in [-0.3, -0.25) is 0 Å². The third-order valence-corrected chi connectivity index (χ3v) is 2.06. The first-order valence-corrected chi connectivity index (χ1v) is 4.47. The number of hydrogen-bond acceptors (Lipinski definition) is 0. The van der Waals surface area contributed by atoms with E-state index < -0.39 is 0 Å². The fourth-order valence-corrected chi connectivity index (χ4v) is 1.42. The van der Waals surface area contributed by atoms with Gasteiger partial charge in [0.2, 0.25) is 0 Å². The lowest BCUT2D eigenvalue weighted by Crippen LogP contribution is -1.72. The minimum Gasteiger partial charge on any atom is -0.361 e. The Labute approximate surface area is 79.1 Å². The van der Waals surface area contributed by atoms with Crippen molar-refractivity contribution in [1.82, 2.24) is 4.98 Å². The molecule has 2 rings (SSSR count). The summed E-state index contributed by atoms with van der Waals surface area (Å²) in [5, 5.41) is 1.36. The average Bonchev–Trinajstić information content (AvgIpc) is 2.64. The predicted octanol–water partition coefficient (Wildman–Crippen LogP) is 3.53. The van der Waals surface area contributed by atoms with Gasteiger partial charge in [-0.25, -0.2) is 0 Å².